The van der Waals surface area contributed by atoms with Gasteiger partial charge in [0.25, 0.3) is 0 Å². The first kappa shape index (κ1) is 15.7. The van der Waals surface area contributed by atoms with Gasteiger partial charge >= 0.3 is 0 Å². The maximum atomic E-state index is 6.23. The van der Waals surface area contributed by atoms with Crippen LogP contribution in [0.2, 0.25) is 15.3 Å². The van der Waals surface area contributed by atoms with E-state index in [1.165, 1.54) is 0 Å². The normalized spacial score (nSPS) is 12.6. The van der Waals surface area contributed by atoms with Gasteiger partial charge in [-0.25, -0.2) is 0 Å². The summed E-state index contributed by atoms with van der Waals surface area (Å²) in [5.74, 6) is 0.814. The number of rotatable bonds is 6. The Hall–Kier alpha value is -0.670. The fourth-order valence-electron chi connectivity index (χ4n) is 2.01. The van der Waals surface area contributed by atoms with Crippen molar-refractivity contribution in [2.45, 2.75) is 25.8 Å². The molecular formula is C15H16Cl3NO. The Labute approximate surface area is 134 Å². The van der Waals surface area contributed by atoms with Crippen molar-refractivity contribution in [2.75, 3.05) is 6.54 Å². The topological polar surface area (TPSA) is 25.2 Å². The SMILES string of the molecule is CCCNC(Cc1ccc(Cl)cc1Cl)c1ccc(Cl)o1. The van der Waals surface area contributed by atoms with Gasteiger partial charge in [0.2, 0.25) is 0 Å². The summed E-state index contributed by atoms with van der Waals surface area (Å²) in [7, 11) is 0. The van der Waals surface area contributed by atoms with E-state index < -0.39 is 0 Å². The van der Waals surface area contributed by atoms with E-state index in [-0.39, 0.29) is 6.04 Å². The fraction of sp³-hybridized carbons (Fsp3) is 0.333. The van der Waals surface area contributed by atoms with Gasteiger partial charge in [-0.1, -0.05) is 36.2 Å². The molecule has 1 N–H and O–H groups in total. The molecule has 5 heteroatoms. The zero-order valence-electron chi connectivity index (χ0n) is 11.1. The fourth-order valence-corrected chi connectivity index (χ4v) is 2.65. The lowest BCUT2D eigenvalue weighted by molar-refractivity contribution is 0.411. The van der Waals surface area contributed by atoms with Crippen molar-refractivity contribution in [3.8, 4) is 0 Å². The summed E-state index contributed by atoms with van der Waals surface area (Å²) >= 11 is 18.0. The van der Waals surface area contributed by atoms with Crippen LogP contribution in [0.3, 0.4) is 0 Å². The first-order valence-corrected chi connectivity index (χ1v) is 7.66. The van der Waals surface area contributed by atoms with Gasteiger partial charge in [0.05, 0.1) is 6.04 Å². The number of hydrogen-bond donors (Lipinski definition) is 1. The molecule has 0 spiro atoms. The maximum Gasteiger partial charge on any atom is 0.193 e. The molecule has 0 aliphatic carbocycles. The van der Waals surface area contributed by atoms with E-state index in [2.05, 4.69) is 12.2 Å². The van der Waals surface area contributed by atoms with E-state index in [1.54, 1.807) is 12.1 Å². The molecule has 0 aliphatic rings. The Bertz CT molecular complexity index is 568. The van der Waals surface area contributed by atoms with Crippen LogP contribution in [0.5, 0.6) is 0 Å². The van der Waals surface area contributed by atoms with Gasteiger partial charge in [0.15, 0.2) is 5.22 Å². The minimum Gasteiger partial charge on any atom is -0.448 e. The largest absolute Gasteiger partial charge is 0.448 e. The van der Waals surface area contributed by atoms with Crippen molar-refractivity contribution in [1.82, 2.24) is 5.32 Å². The molecule has 108 valence electrons. The van der Waals surface area contributed by atoms with Gasteiger partial charge in [-0.3, -0.25) is 0 Å². The molecule has 0 fully saturated rings. The molecule has 1 unspecified atom stereocenters. The van der Waals surface area contributed by atoms with Gasteiger partial charge < -0.3 is 9.73 Å². The highest BCUT2D eigenvalue weighted by atomic mass is 35.5. The van der Waals surface area contributed by atoms with Crippen molar-refractivity contribution >= 4 is 34.8 Å². The van der Waals surface area contributed by atoms with Crippen LogP contribution in [-0.4, -0.2) is 6.54 Å². The first-order chi connectivity index (χ1) is 9.60. The van der Waals surface area contributed by atoms with Crippen LogP contribution in [0.1, 0.15) is 30.7 Å². The van der Waals surface area contributed by atoms with Crippen molar-refractivity contribution < 1.29 is 4.42 Å². The number of benzene rings is 1. The zero-order chi connectivity index (χ0) is 14.5. The predicted octanol–water partition coefficient (Wildman–Crippen LogP) is 5.52. The summed E-state index contributed by atoms with van der Waals surface area (Å²) in [6, 6.07) is 9.22. The van der Waals surface area contributed by atoms with Crippen LogP contribution in [0.25, 0.3) is 0 Å². The molecule has 1 heterocycles. The zero-order valence-corrected chi connectivity index (χ0v) is 13.4. The van der Waals surface area contributed by atoms with E-state index in [9.17, 15) is 0 Å². The van der Waals surface area contributed by atoms with Crippen LogP contribution in [0, 0.1) is 0 Å². The molecule has 2 nitrogen and oxygen atoms in total. The van der Waals surface area contributed by atoms with Crippen molar-refractivity contribution in [3.05, 3.63) is 56.9 Å². The van der Waals surface area contributed by atoms with Crippen molar-refractivity contribution in [3.63, 3.8) is 0 Å². The van der Waals surface area contributed by atoms with Crippen molar-refractivity contribution in [1.29, 1.82) is 0 Å². The summed E-state index contributed by atoms with van der Waals surface area (Å²) in [6.45, 7) is 3.02. The Balaban J connectivity index is 2.18. The smallest absolute Gasteiger partial charge is 0.193 e. The Morgan fingerprint density at radius 2 is 1.95 bits per heavy atom. The summed E-state index contributed by atoms with van der Waals surface area (Å²) in [4.78, 5) is 0. The van der Waals surface area contributed by atoms with Gasteiger partial charge in [-0.2, -0.15) is 0 Å². The third kappa shape index (κ3) is 4.16. The lowest BCUT2D eigenvalue weighted by atomic mass is 10.0. The number of hydrogen-bond acceptors (Lipinski definition) is 2. The highest BCUT2D eigenvalue weighted by molar-refractivity contribution is 6.35. The molecule has 0 saturated heterocycles. The third-order valence-electron chi connectivity index (χ3n) is 3.02. The third-order valence-corrected chi connectivity index (χ3v) is 3.81. The van der Waals surface area contributed by atoms with E-state index in [4.69, 9.17) is 39.2 Å². The van der Waals surface area contributed by atoms with Gasteiger partial charge in [-0.05, 0) is 60.8 Å². The second kappa shape index (κ2) is 7.37. The van der Waals surface area contributed by atoms with Crippen LogP contribution >= 0.6 is 34.8 Å². The van der Waals surface area contributed by atoms with Crippen LogP contribution < -0.4 is 5.32 Å². The Morgan fingerprint density at radius 1 is 1.15 bits per heavy atom. The summed E-state index contributed by atoms with van der Waals surface area (Å²) in [5, 5.41) is 5.14. The van der Waals surface area contributed by atoms with Gasteiger partial charge in [-0.15, -0.1) is 0 Å². The molecule has 2 rings (SSSR count). The maximum absolute atomic E-state index is 6.23. The lowest BCUT2D eigenvalue weighted by Gasteiger charge is -2.17. The molecule has 0 amide bonds. The molecule has 1 aromatic carbocycles. The second-order valence-electron chi connectivity index (χ2n) is 4.59. The number of halogens is 3. The molecule has 0 bridgehead atoms. The quantitative estimate of drug-likeness (QED) is 0.753. The van der Waals surface area contributed by atoms with Gasteiger partial charge in [0.1, 0.15) is 5.76 Å². The molecule has 2 aromatic rings. The molecule has 0 saturated carbocycles. The van der Waals surface area contributed by atoms with E-state index in [0.29, 0.717) is 15.3 Å². The van der Waals surface area contributed by atoms with Crippen molar-refractivity contribution in [2.24, 2.45) is 0 Å². The van der Waals surface area contributed by atoms with Gasteiger partial charge in [0, 0.05) is 10.0 Å². The second-order valence-corrected chi connectivity index (χ2v) is 5.80. The predicted molar refractivity (Wildman–Crippen MR) is 84.9 cm³/mol. The average molecular weight is 333 g/mol. The molecule has 1 atom stereocenters. The number of furan rings is 1. The standard InChI is InChI=1S/C15H16Cl3NO/c1-2-7-19-13(14-5-6-15(18)20-14)8-10-3-4-11(16)9-12(10)17/h3-6,9,13,19H,2,7-8H2,1H3. The minimum absolute atomic E-state index is 0.0427. The molecule has 1 aromatic heterocycles. The summed E-state index contributed by atoms with van der Waals surface area (Å²) in [5.41, 5.74) is 1.03. The number of nitrogens with one attached hydrogen (secondary N) is 1. The minimum atomic E-state index is 0.0427. The lowest BCUT2D eigenvalue weighted by Crippen LogP contribution is -2.23. The van der Waals surface area contributed by atoms with E-state index in [1.807, 2.05) is 18.2 Å². The van der Waals surface area contributed by atoms with Crippen LogP contribution in [0.15, 0.2) is 34.7 Å². The summed E-state index contributed by atoms with van der Waals surface area (Å²) < 4.78 is 5.51. The van der Waals surface area contributed by atoms with E-state index >= 15 is 0 Å². The Morgan fingerprint density at radius 3 is 2.55 bits per heavy atom. The molecular weight excluding hydrogens is 317 g/mol. The molecule has 0 radical (unpaired) electrons. The molecule has 0 aliphatic heterocycles. The van der Waals surface area contributed by atoms with E-state index in [0.717, 1.165) is 30.7 Å². The Kier molecular flexibility index (Phi) is 5.79. The highest BCUT2D eigenvalue weighted by Gasteiger charge is 2.17. The van der Waals surface area contributed by atoms with Crippen LogP contribution in [0.4, 0.5) is 0 Å². The monoisotopic (exact) mass is 331 g/mol. The van der Waals surface area contributed by atoms with Crippen LogP contribution in [-0.2, 0) is 6.42 Å². The highest BCUT2D eigenvalue weighted by Crippen LogP contribution is 2.28. The first-order valence-electron chi connectivity index (χ1n) is 6.52. The average Bonchev–Trinajstić information content (AvgIpc) is 2.83. The molecule has 20 heavy (non-hydrogen) atoms. The summed E-state index contributed by atoms with van der Waals surface area (Å²) in [6.07, 6.45) is 1.76.